The zero-order valence-electron chi connectivity index (χ0n) is 16.4. The lowest BCUT2D eigenvalue weighted by molar-refractivity contribution is -0.122. The Morgan fingerprint density at radius 2 is 1.84 bits per heavy atom. The number of thioether (sulfide) groups is 1. The second-order valence-electron chi connectivity index (χ2n) is 6.74. The van der Waals surface area contributed by atoms with Crippen molar-refractivity contribution in [2.75, 3.05) is 6.54 Å². The maximum absolute atomic E-state index is 13.0. The lowest BCUT2D eigenvalue weighted by Crippen LogP contribution is -2.29. The van der Waals surface area contributed by atoms with Gasteiger partial charge in [0.05, 0.1) is 20.6 Å². The fraction of sp³-hybridized carbons (Fsp3) is 0.130. The fourth-order valence-electron chi connectivity index (χ4n) is 3.04. The Labute approximate surface area is 199 Å². The Morgan fingerprint density at radius 3 is 2.58 bits per heavy atom. The fourth-order valence-corrected chi connectivity index (χ4v) is 4.56. The summed E-state index contributed by atoms with van der Waals surface area (Å²) in [6.45, 7) is 2.60. The molecular weight excluding hydrogens is 475 g/mol. The number of amides is 1. The van der Waals surface area contributed by atoms with Crippen molar-refractivity contribution < 1.29 is 9.21 Å². The number of hydrogen-bond donors (Lipinski definition) is 0. The van der Waals surface area contributed by atoms with E-state index in [0.717, 1.165) is 12.1 Å². The molecular formula is C23H17Cl3N2O2S. The first-order valence-electron chi connectivity index (χ1n) is 9.56. The van der Waals surface area contributed by atoms with Crippen LogP contribution in [-0.2, 0) is 4.79 Å². The minimum absolute atomic E-state index is 0.0988. The number of carbonyl (C=O) groups is 1. The van der Waals surface area contributed by atoms with E-state index in [0.29, 0.717) is 48.8 Å². The van der Waals surface area contributed by atoms with Gasteiger partial charge in [0.2, 0.25) is 0 Å². The van der Waals surface area contributed by atoms with Gasteiger partial charge in [0, 0.05) is 23.2 Å². The predicted molar refractivity (Wildman–Crippen MR) is 130 cm³/mol. The number of amidine groups is 1. The topological polar surface area (TPSA) is 45.8 Å². The molecule has 1 aliphatic rings. The van der Waals surface area contributed by atoms with Crippen LogP contribution in [0.3, 0.4) is 0 Å². The molecule has 4 rings (SSSR count). The van der Waals surface area contributed by atoms with Crippen molar-refractivity contribution in [2.24, 2.45) is 4.99 Å². The van der Waals surface area contributed by atoms with Crippen LogP contribution in [0.2, 0.25) is 15.1 Å². The maximum Gasteiger partial charge on any atom is 0.266 e. The van der Waals surface area contributed by atoms with Gasteiger partial charge in [-0.2, -0.15) is 0 Å². The van der Waals surface area contributed by atoms with Gasteiger partial charge in [0.25, 0.3) is 5.91 Å². The summed E-state index contributed by atoms with van der Waals surface area (Å²) in [6, 6.07) is 16.1. The number of aliphatic imine (C=N–C) groups is 1. The van der Waals surface area contributed by atoms with Gasteiger partial charge in [-0.1, -0.05) is 47.8 Å². The van der Waals surface area contributed by atoms with Crippen LogP contribution in [0.25, 0.3) is 17.4 Å². The van der Waals surface area contributed by atoms with Gasteiger partial charge >= 0.3 is 0 Å². The molecule has 0 radical (unpaired) electrons. The number of nitrogens with zero attached hydrogens (tertiary/aromatic N) is 2. The predicted octanol–water partition coefficient (Wildman–Crippen LogP) is 7.92. The van der Waals surface area contributed by atoms with Crippen molar-refractivity contribution >= 4 is 69.4 Å². The molecule has 0 N–H and O–H groups in total. The number of hydrogen-bond acceptors (Lipinski definition) is 4. The first-order valence-corrected chi connectivity index (χ1v) is 11.5. The van der Waals surface area contributed by atoms with Crippen LogP contribution in [0, 0.1) is 0 Å². The second kappa shape index (κ2) is 9.53. The SMILES string of the molecule is CCCN1C(=O)/C(=C/c2ccc(-c3cccc(Cl)c3Cl)o2)SC1=Nc1ccc(Cl)cc1. The number of furan rings is 1. The van der Waals surface area contributed by atoms with Crippen molar-refractivity contribution in [3.05, 3.63) is 80.3 Å². The van der Waals surface area contributed by atoms with Crippen LogP contribution in [0.4, 0.5) is 5.69 Å². The Hall–Kier alpha value is -2.18. The average molecular weight is 492 g/mol. The minimum atomic E-state index is -0.0988. The summed E-state index contributed by atoms with van der Waals surface area (Å²) in [4.78, 5) is 19.8. The normalized spacial score (nSPS) is 16.6. The minimum Gasteiger partial charge on any atom is -0.457 e. The average Bonchev–Trinajstić information content (AvgIpc) is 3.32. The Morgan fingerprint density at radius 1 is 1.06 bits per heavy atom. The van der Waals surface area contributed by atoms with Gasteiger partial charge in [0.1, 0.15) is 11.5 Å². The molecule has 2 heterocycles. The Balaban J connectivity index is 1.63. The zero-order valence-corrected chi connectivity index (χ0v) is 19.5. The van der Waals surface area contributed by atoms with E-state index >= 15 is 0 Å². The molecule has 2 aromatic carbocycles. The molecule has 1 aromatic heterocycles. The van der Waals surface area contributed by atoms with Crippen molar-refractivity contribution in [1.82, 2.24) is 4.90 Å². The summed E-state index contributed by atoms with van der Waals surface area (Å²) in [5, 5.41) is 2.15. The summed E-state index contributed by atoms with van der Waals surface area (Å²) in [5.41, 5.74) is 1.43. The van der Waals surface area contributed by atoms with Crippen molar-refractivity contribution in [3.8, 4) is 11.3 Å². The second-order valence-corrected chi connectivity index (χ2v) is 8.97. The highest BCUT2D eigenvalue weighted by Crippen LogP contribution is 2.37. The molecule has 158 valence electrons. The summed E-state index contributed by atoms with van der Waals surface area (Å²) < 4.78 is 5.92. The summed E-state index contributed by atoms with van der Waals surface area (Å²) in [5.74, 6) is 1.03. The van der Waals surface area contributed by atoms with Crippen LogP contribution in [0.1, 0.15) is 19.1 Å². The van der Waals surface area contributed by atoms with Gasteiger partial charge in [-0.3, -0.25) is 9.69 Å². The molecule has 4 nitrogen and oxygen atoms in total. The number of carbonyl (C=O) groups excluding carboxylic acids is 1. The maximum atomic E-state index is 13.0. The van der Waals surface area contributed by atoms with Gasteiger partial charge in [-0.25, -0.2) is 4.99 Å². The van der Waals surface area contributed by atoms with Gasteiger partial charge in [-0.15, -0.1) is 0 Å². The first-order chi connectivity index (χ1) is 15.0. The molecule has 0 spiro atoms. The van der Waals surface area contributed by atoms with E-state index in [-0.39, 0.29) is 5.91 Å². The highest BCUT2D eigenvalue weighted by molar-refractivity contribution is 8.18. The number of benzene rings is 2. The van der Waals surface area contributed by atoms with Gasteiger partial charge in [0.15, 0.2) is 5.17 Å². The number of rotatable bonds is 5. The van der Waals surface area contributed by atoms with E-state index in [4.69, 9.17) is 39.2 Å². The molecule has 0 atom stereocenters. The van der Waals surface area contributed by atoms with Crippen molar-refractivity contribution in [3.63, 3.8) is 0 Å². The van der Waals surface area contributed by atoms with E-state index < -0.39 is 0 Å². The van der Waals surface area contributed by atoms with Crippen LogP contribution >= 0.6 is 46.6 Å². The lowest BCUT2D eigenvalue weighted by Gasteiger charge is -2.13. The highest BCUT2D eigenvalue weighted by Gasteiger charge is 2.33. The summed E-state index contributed by atoms with van der Waals surface area (Å²) in [6.07, 6.45) is 2.54. The molecule has 0 bridgehead atoms. The van der Waals surface area contributed by atoms with E-state index in [1.54, 1.807) is 41.3 Å². The molecule has 0 aliphatic carbocycles. The monoisotopic (exact) mass is 490 g/mol. The Bertz CT molecular complexity index is 1190. The first kappa shape index (κ1) is 22.0. The summed E-state index contributed by atoms with van der Waals surface area (Å²) in [7, 11) is 0. The van der Waals surface area contributed by atoms with Crippen LogP contribution in [0.5, 0.6) is 0 Å². The molecule has 1 saturated heterocycles. The van der Waals surface area contributed by atoms with Crippen molar-refractivity contribution in [2.45, 2.75) is 13.3 Å². The van der Waals surface area contributed by atoms with Gasteiger partial charge in [-0.05, 0) is 66.7 Å². The standard InChI is InChI=1S/C23H17Cl3N2O2S/c1-2-12-28-22(29)20(31-23(28)27-15-8-6-14(24)7-9-15)13-16-10-11-19(30-16)17-4-3-5-18(25)21(17)26/h3-11,13H,2,12H2,1H3/b20-13-,27-23?. The molecule has 0 unspecified atom stereocenters. The third kappa shape index (κ3) is 4.85. The highest BCUT2D eigenvalue weighted by atomic mass is 35.5. The molecule has 0 saturated carbocycles. The van der Waals surface area contributed by atoms with E-state index in [1.807, 2.05) is 31.2 Å². The van der Waals surface area contributed by atoms with Crippen molar-refractivity contribution in [1.29, 1.82) is 0 Å². The molecule has 3 aromatic rings. The van der Waals surface area contributed by atoms with Gasteiger partial charge < -0.3 is 4.42 Å². The number of halogens is 3. The molecule has 1 aliphatic heterocycles. The lowest BCUT2D eigenvalue weighted by atomic mass is 10.2. The van der Waals surface area contributed by atoms with Crippen LogP contribution in [-0.4, -0.2) is 22.5 Å². The zero-order chi connectivity index (χ0) is 22.0. The smallest absolute Gasteiger partial charge is 0.266 e. The van der Waals surface area contributed by atoms with E-state index in [9.17, 15) is 4.79 Å². The van der Waals surface area contributed by atoms with Crippen LogP contribution < -0.4 is 0 Å². The third-order valence-electron chi connectivity index (χ3n) is 4.50. The molecule has 8 heteroatoms. The largest absolute Gasteiger partial charge is 0.457 e. The quantitative estimate of drug-likeness (QED) is 0.340. The molecule has 31 heavy (non-hydrogen) atoms. The molecule has 1 fully saturated rings. The van der Waals surface area contributed by atoms with Crippen LogP contribution in [0.15, 0.2) is 68.9 Å². The van der Waals surface area contributed by atoms with E-state index in [2.05, 4.69) is 4.99 Å². The Kier molecular flexibility index (Phi) is 6.77. The third-order valence-corrected chi connectivity index (χ3v) is 6.58. The molecule has 1 amide bonds. The summed E-state index contributed by atoms with van der Waals surface area (Å²) >= 11 is 19.7. The van der Waals surface area contributed by atoms with E-state index in [1.165, 1.54) is 11.8 Å².